The summed E-state index contributed by atoms with van der Waals surface area (Å²) in [6.45, 7) is 6.82. The van der Waals surface area contributed by atoms with Crippen LogP contribution in [0.3, 0.4) is 0 Å². The predicted octanol–water partition coefficient (Wildman–Crippen LogP) is 4.33. The van der Waals surface area contributed by atoms with E-state index in [1.165, 1.54) is 6.07 Å². The minimum Gasteiger partial charge on any atom is -0.383 e. The van der Waals surface area contributed by atoms with Crippen LogP contribution in [0.2, 0.25) is 10.0 Å². The summed E-state index contributed by atoms with van der Waals surface area (Å²) in [5.74, 6) is 0.0223. The summed E-state index contributed by atoms with van der Waals surface area (Å²) in [4.78, 5) is 3.07. The van der Waals surface area contributed by atoms with Crippen molar-refractivity contribution in [3.63, 3.8) is 0 Å². The zero-order valence-electron chi connectivity index (χ0n) is 9.54. The number of nitrogens with zero attached hydrogens (tertiary/aromatic N) is 3. The molecule has 1 aromatic heterocycles. The van der Waals surface area contributed by atoms with E-state index in [9.17, 15) is 13.2 Å². The molecule has 0 aliphatic rings. The maximum absolute atomic E-state index is 12.6. The van der Waals surface area contributed by atoms with Gasteiger partial charge >= 0.3 is 6.18 Å². The first-order chi connectivity index (χ1) is 9.24. The van der Waals surface area contributed by atoms with Gasteiger partial charge in [0.05, 0.1) is 15.6 Å². The molecule has 9 heteroatoms. The molecule has 0 aliphatic carbocycles. The molecular formula is C11H5Cl2F3N4. The monoisotopic (exact) mass is 320 g/mol. The number of alkyl halides is 3. The molecular weight excluding hydrogens is 316 g/mol. The predicted molar refractivity (Wildman–Crippen MR) is 69.3 cm³/mol. The third-order valence-corrected chi connectivity index (χ3v) is 2.97. The summed E-state index contributed by atoms with van der Waals surface area (Å²) in [5.41, 5.74) is 4.64. The summed E-state index contributed by atoms with van der Waals surface area (Å²) in [6, 6.07) is 2.71. The maximum atomic E-state index is 12.6. The van der Waals surface area contributed by atoms with Gasteiger partial charge in [-0.3, -0.25) is 0 Å². The number of anilines is 1. The number of rotatable bonds is 1. The lowest BCUT2D eigenvalue weighted by molar-refractivity contribution is -0.137. The molecule has 0 amide bonds. The third kappa shape index (κ3) is 2.53. The van der Waals surface area contributed by atoms with Gasteiger partial charge in [-0.2, -0.15) is 13.2 Å². The van der Waals surface area contributed by atoms with Gasteiger partial charge in [-0.25, -0.2) is 0 Å². The van der Waals surface area contributed by atoms with E-state index >= 15 is 0 Å². The van der Waals surface area contributed by atoms with E-state index in [1.807, 2.05) is 0 Å². The first-order valence-corrected chi connectivity index (χ1v) is 5.79. The lowest BCUT2D eigenvalue weighted by atomic mass is 10.2. The van der Waals surface area contributed by atoms with Crippen molar-refractivity contribution in [3.8, 4) is 5.69 Å². The van der Waals surface area contributed by atoms with E-state index in [1.54, 1.807) is 0 Å². The molecule has 104 valence electrons. The van der Waals surface area contributed by atoms with E-state index in [-0.39, 0.29) is 27.4 Å². The SMILES string of the molecule is [C-]#[N+]c1cc(N)n(-c2c(Cl)cc(C(F)(F)F)cc2Cl)n1. The van der Waals surface area contributed by atoms with Crippen LogP contribution < -0.4 is 5.73 Å². The topological polar surface area (TPSA) is 48.2 Å². The number of aromatic nitrogens is 2. The molecule has 20 heavy (non-hydrogen) atoms. The zero-order valence-corrected chi connectivity index (χ0v) is 11.1. The Morgan fingerprint density at radius 3 is 2.15 bits per heavy atom. The Morgan fingerprint density at radius 1 is 1.20 bits per heavy atom. The quantitative estimate of drug-likeness (QED) is 0.795. The first kappa shape index (κ1) is 14.5. The van der Waals surface area contributed by atoms with Gasteiger partial charge in [-0.1, -0.05) is 29.8 Å². The van der Waals surface area contributed by atoms with Crippen molar-refractivity contribution >= 4 is 34.8 Å². The Morgan fingerprint density at radius 2 is 1.75 bits per heavy atom. The molecule has 4 nitrogen and oxygen atoms in total. The fourth-order valence-corrected chi connectivity index (χ4v) is 2.19. The second-order valence-electron chi connectivity index (χ2n) is 3.74. The normalized spacial score (nSPS) is 11.4. The van der Waals surface area contributed by atoms with Crippen LogP contribution in [0.5, 0.6) is 0 Å². The number of halogens is 5. The average Bonchev–Trinajstić information content (AvgIpc) is 2.69. The van der Waals surface area contributed by atoms with Crippen molar-refractivity contribution in [2.45, 2.75) is 6.18 Å². The number of benzene rings is 1. The van der Waals surface area contributed by atoms with Gasteiger partial charge in [0.1, 0.15) is 11.5 Å². The summed E-state index contributed by atoms with van der Waals surface area (Å²) < 4.78 is 38.9. The van der Waals surface area contributed by atoms with E-state index in [0.29, 0.717) is 0 Å². The molecule has 2 aromatic rings. The third-order valence-electron chi connectivity index (χ3n) is 2.39. The van der Waals surface area contributed by atoms with Gasteiger partial charge in [0.25, 0.3) is 5.82 Å². The van der Waals surface area contributed by atoms with Crippen molar-refractivity contribution < 1.29 is 13.2 Å². The smallest absolute Gasteiger partial charge is 0.383 e. The second-order valence-corrected chi connectivity index (χ2v) is 4.55. The molecule has 0 unspecified atom stereocenters. The van der Waals surface area contributed by atoms with Crippen LogP contribution in [0.4, 0.5) is 24.8 Å². The second kappa shape index (κ2) is 4.89. The summed E-state index contributed by atoms with van der Waals surface area (Å²) >= 11 is 11.6. The van der Waals surface area contributed by atoms with Crippen molar-refractivity contribution in [1.29, 1.82) is 0 Å². The van der Waals surface area contributed by atoms with Gasteiger partial charge in [-0.15, -0.1) is 4.68 Å². The molecule has 2 rings (SSSR count). The average molecular weight is 321 g/mol. The first-order valence-electron chi connectivity index (χ1n) is 5.03. The zero-order chi connectivity index (χ0) is 15.1. The molecule has 0 atom stereocenters. The number of nitrogens with two attached hydrogens (primary N) is 1. The molecule has 1 heterocycles. The van der Waals surface area contributed by atoms with Gasteiger partial charge < -0.3 is 10.6 Å². The molecule has 0 aliphatic heterocycles. The van der Waals surface area contributed by atoms with Gasteiger partial charge in [0.15, 0.2) is 0 Å². The van der Waals surface area contributed by atoms with Crippen molar-refractivity contribution in [2.75, 3.05) is 5.73 Å². The van der Waals surface area contributed by atoms with Crippen LogP contribution in [0.15, 0.2) is 18.2 Å². The highest BCUT2D eigenvalue weighted by atomic mass is 35.5. The van der Waals surface area contributed by atoms with Gasteiger partial charge in [0, 0.05) is 6.07 Å². The number of nitrogen functional groups attached to an aromatic ring is 1. The summed E-state index contributed by atoms with van der Waals surface area (Å²) in [6.07, 6.45) is -4.57. The van der Waals surface area contributed by atoms with Gasteiger partial charge in [0.2, 0.25) is 0 Å². The van der Waals surface area contributed by atoms with Crippen molar-refractivity contribution in [1.82, 2.24) is 9.78 Å². The minimum atomic E-state index is -4.57. The van der Waals surface area contributed by atoms with Crippen molar-refractivity contribution in [3.05, 3.63) is 45.2 Å². The molecule has 0 radical (unpaired) electrons. The van der Waals surface area contributed by atoms with Crippen LogP contribution in [0.25, 0.3) is 10.5 Å². The number of hydrogen-bond donors (Lipinski definition) is 1. The fourth-order valence-electron chi connectivity index (χ4n) is 1.55. The fraction of sp³-hybridized carbons (Fsp3) is 0.0909. The van der Waals surface area contributed by atoms with E-state index in [0.717, 1.165) is 16.8 Å². The highest BCUT2D eigenvalue weighted by Gasteiger charge is 2.32. The summed E-state index contributed by atoms with van der Waals surface area (Å²) in [5, 5.41) is 3.26. The molecule has 0 fully saturated rings. The van der Waals surface area contributed by atoms with E-state index in [4.69, 9.17) is 35.5 Å². The Bertz CT molecular complexity index is 692. The van der Waals surface area contributed by atoms with Crippen LogP contribution in [-0.4, -0.2) is 9.78 Å². The van der Waals surface area contributed by atoms with Crippen LogP contribution in [0, 0.1) is 6.57 Å². The summed E-state index contributed by atoms with van der Waals surface area (Å²) in [7, 11) is 0. The molecule has 2 N–H and O–H groups in total. The maximum Gasteiger partial charge on any atom is 0.416 e. The van der Waals surface area contributed by atoms with Crippen molar-refractivity contribution in [2.24, 2.45) is 0 Å². The molecule has 0 bridgehead atoms. The molecule has 0 saturated heterocycles. The Labute approximate surface area is 121 Å². The highest BCUT2D eigenvalue weighted by Crippen LogP contribution is 2.38. The van der Waals surface area contributed by atoms with E-state index in [2.05, 4.69) is 9.94 Å². The highest BCUT2D eigenvalue weighted by molar-refractivity contribution is 6.37. The molecule has 1 aromatic carbocycles. The Hall–Kier alpha value is -1.91. The van der Waals surface area contributed by atoms with Gasteiger partial charge in [-0.05, 0) is 17.2 Å². The van der Waals surface area contributed by atoms with Crippen LogP contribution in [-0.2, 0) is 6.18 Å². The lowest BCUT2D eigenvalue weighted by Gasteiger charge is -2.11. The standard InChI is InChI=1S/C11H5Cl2F3N4/c1-18-9-4-8(17)20(19-9)10-6(12)2-5(3-7(10)13)11(14,15)16/h2-4H,17H2. The van der Waals surface area contributed by atoms with E-state index < -0.39 is 11.7 Å². The van der Waals surface area contributed by atoms with Crippen LogP contribution in [0.1, 0.15) is 5.56 Å². The minimum absolute atomic E-state index is 0.00580. The Kier molecular flexibility index (Phi) is 3.54. The number of hydrogen-bond acceptors (Lipinski definition) is 2. The molecule has 0 spiro atoms. The Balaban J connectivity index is 2.64. The largest absolute Gasteiger partial charge is 0.416 e. The molecule has 0 saturated carbocycles. The van der Waals surface area contributed by atoms with Crippen LogP contribution >= 0.6 is 23.2 Å². The lowest BCUT2D eigenvalue weighted by Crippen LogP contribution is -2.08.